The van der Waals surface area contributed by atoms with E-state index in [1.165, 1.54) is 11.3 Å². The van der Waals surface area contributed by atoms with Gasteiger partial charge >= 0.3 is 0 Å². The Balaban J connectivity index is 1.56. The van der Waals surface area contributed by atoms with E-state index in [9.17, 15) is 4.79 Å². The fraction of sp³-hybridized carbons (Fsp3) is 0.394. The molecule has 2 aromatic carbocycles. The largest absolute Gasteiger partial charge is 0.497 e. The molecule has 0 spiro atoms. The van der Waals surface area contributed by atoms with Crippen molar-refractivity contribution in [1.82, 2.24) is 5.32 Å². The van der Waals surface area contributed by atoms with Crippen molar-refractivity contribution >= 4 is 17.3 Å². The summed E-state index contributed by atoms with van der Waals surface area (Å²) in [5, 5.41) is 3.05. The zero-order valence-corrected chi connectivity index (χ0v) is 24.3. The second kappa shape index (κ2) is 15.0. The maximum Gasteiger partial charge on any atom is 0.249 e. The molecule has 1 heterocycles. The van der Waals surface area contributed by atoms with E-state index in [0.717, 1.165) is 48.7 Å². The monoisotopic (exact) mass is 529 g/mol. The van der Waals surface area contributed by atoms with Gasteiger partial charge in [0.1, 0.15) is 11.5 Å². The van der Waals surface area contributed by atoms with Gasteiger partial charge in [-0.05, 0) is 87.4 Å². The first-order valence-electron chi connectivity index (χ1n) is 13.8. The van der Waals surface area contributed by atoms with E-state index in [1.54, 1.807) is 14.2 Å². The first kappa shape index (κ1) is 29.8. The number of hydrogen-bond acceptors (Lipinski definition) is 5. The topological polar surface area (TPSA) is 63.2 Å². The molecule has 1 N–H and O–H groups in total. The maximum atomic E-state index is 12.9. The summed E-state index contributed by atoms with van der Waals surface area (Å²) in [5.74, 6) is 2.06. The van der Waals surface area contributed by atoms with E-state index in [4.69, 9.17) is 9.47 Å². The quantitative estimate of drug-likeness (QED) is 0.148. The molecule has 0 unspecified atom stereocenters. The molecular weight excluding hydrogens is 486 g/mol. The van der Waals surface area contributed by atoms with Crippen molar-refractivity contribution in [2.45, 2.75) is 59.4 Å². The van der Waals surface area contributed by atoms with Crippen LogP contribution in [0.2, 0.25) is 0 Å². The molecule has 1 aliphatic heterocycles. The number of hydrogen-bond donors (Lipinski definition) is 1. The summed E-state index contributed by atoms with van der Waals surface area (Å²) in [7, 11) is 3.33. The van der Waals surface area contributed by atoms with Gasteiger partial charge in [0.2, 0.25) is 5.91 Å². The molecule has 0 saturated carbocycles. The second-order valence-corrected chi connectivity index (χ2v) is 9.77. The van der Waals surface area contributed by atoms with Crippen LogP contribution in [-0.2, 0) is 16.1 Å². The third-order valence-corrected chi connectivity index (χ3v) is 7.26. The molecule has 2 aromatic rings. The van der Waals surface area contributed by atoms with Crippen molar-refractivity contribution in [3.63, 3.8) is 0 Å². The van der Waals surface area contributed by atoms with Crippen LogP contribution < -0.4 is 15.0 Å². The molecule has 0 bridgehead atoms. The first-order valence-corrected chi connectivity index (χ1v) is 13.8. The normalized spacial score (nSPS) is 15.8. The number of carbonyl (C=O) groups excluding carboxylic acids is 1. The van der Waals surface area contributed by atoms with Crippen molar-refractivity contribution in [2.24, 2.45) is 4.99 Å². The average Bonchev–Trinajstić information content (AvgIpc) is 2.99. The first-order chi connectivity index (χ1) is 18.9. The number of nitrogens with zero attached hydrogens (tertiary/aromatic N) is 2. The summed E-state index contributed by atoms with van der Waals surface area (Å²) in [4.78, 5) is 20.0. The Labute approximate surface area is 234 Å². The van der Waals surface area contributed by atoms with Gasteiger partial charge in [-0.15, -0.1) is 0 Å². The number of allylic oxidation sites excluding steroid dienone is 5. The molecule has 1 fully saturated rings. The zero-order valence-electron chi connectivity index (χ0n) is 24.3. The molecule has 1 aliphatic rings. The SMILES string of the molecule is C\C=C/C=C(OC)\C(C)=N\C(CC)=C(/C)C(=O)NCc1ccc(N2CCC(c3ccc(OC)cc3)CC2)cc1. The zero-order chi connectivity index (χ0) is 28.2. The minimum atomic E-state index is -0.107. The smallest absolute Gasteiger partial charge is 0.249 e. The number of anilines is 1. The lowest BCUT2D eigenvalue weighted by molar-refractivity contribution is -0.117. The van der Waals surface area contributed by atoms with Crippen LogP contribution in [0.1, 0.15) is 64.0 Å². The summed E-state index contributed by atoms with van der Waals surface area (Å²) in [6, 6.07) is 17.0. The second-order valence-electron chi connectivity index (χ2n) is 9.77. The molecule has 0 atom stereocenters. The Bertz CT molecular complexity index is 1200. The van der Waals surface area contributed by atoms with Crippen molar-refractivity contribution in [2.75, 3.05) is 32.2 Å². The number of piperidine rings is 1. The van der Waals surface area contributed by atoms with Crippen LogP contribution in [0, 0.1) is 0 Å². The highest BCUT2D eigenvalue weighted by Crippen LogP contribution is 2.31. The standard InChI is InChI=1S/C33H43N3O3/c1-7-9-10-32(39-6)25(4)35-31(8-2)24(3)33(37)34-23-26-11-15-29(16-12-26)36-21-19-28(20-22-36)27-13-17-30(38-5)18-14-27/h7,9-18,28H,8,19-23H2,1-6H3,(H,34,37)/b9-7-,31-24+,32-10+,35-25+. The Morgan fingerprint density at radius 3 is 2.28 bits per heavy atom. The highest BCUT2D eigenvalue weighted by molar-refractivity contribution is 5.99. The van der Waals surface area contributed by atoms with Crippen LogP contribution in [0.3, 0.4) is 0 Å². The van der Waals surface area contributed by atoms with Crippen molar-refractivity contribution < 1.29 is 14.3 Å². The van der Waals surface area contributed by atoms with Gasteiger partial charge in [0.15, 0.2) is 0 Å². The fourth-order valence-corrected chi connectivity index (χ4v) is 4.82. The Morgan fingerprint density at radius 1 is 1.05 bits per heavy atom. The van der Waals surface area contributed by atoms with Gasteiger partial charge in [-0.25, -0.2) is 0 Å². The van der Waals surface area contributed by atoms with Gasteiger partial charge in [0, 0.05) is 36.6 Å². The van der Waals surface area contributed by atoms with Crippen LogP contribution in [0.25, 0.3) is 0 Å². The molecule has 1 amide bonds. The molecule has 6 nitrogen and oxygen atoms in total. The van der Waals surface area contributed by atoms with Crippen LogP contribution in [-0.4, -0.2) is 38.9 Å². The van der Waals surface area contributed by atoms with Gasteiger partial charge < -0.3 is 19.7 Å². The lowest BCUT2D eigenvalue weighted by Crippen LogP contribution is -2.32. The number of carbonyl (C=O) groups is 1. The number of ether oxygens (including phenoxy) is 2. The number of methoxy groups -OCH3 is 2. The van der Waals surface area contributed by atoms with E-state index in [0.29, 0.717) is 30.2 Å². The van der Waals surface area contributed by atoms with Gasteiger partial charge in [0.25, 0.3) is 0 Å². The van der Waals surface area contributed by atoms with Gasteiger partial charge in [0.05, 0.1) is 19.9 Å². The minimum absolute atomic E-state index is 0.107. The lowest BCUT2D eigenvalue weighted by Gasteiger charge is -2.34. The molecule has 1 saturated heterocycles. The predicted octanol–water partition coefficient (Wildman–Crippen LogP) is 6.95. The summed E-state index contributed by atoms with van der Waals surface area (Å²) >= 11 is 0. The van der Waals surface area contributed by atoms with Crippen molar-refractivity contribution in [3.8, 4) is 5.75 Å². The highest BCUT2D eigenvalue weighted by atomic mass is 16.5. The molecular formula is C33H43N3O3. The maximum absolute atomic E-state index is 12.9. The van der Waals surface area contributed by atoms with Crippen LogP contribution in [0.4, 0.5) is 5.69 Å². The van der Waals surface area contributed by atoms with Gasteiger partial charge in [-0.3, -0.25) is 9.79 Å². The number of rotatable bonds is 11. The average molecular weight is 530 g/mol. The number of aliphatic imine (C=N–C) groups is 1. The highest BCUT2D eigenvalue weighted by Gasteiger charge is 2.21. The number of amides is 1. The lowest BCUT2D eigenvalue weighted by atomic mass is 9.89. The van der Waals surface area contributed by atoms with Gasteiger partial charge in [-0.2, -0.15) is 0 Å². The molecule has 0 aliphatic carbocycles. The van der Waals surface area contributed by atoms with Crippen molar-refractivity contribution in [1.29, 1.82) is 0 Å². The fourth-order valence-electron chi connectivity index (χ4n) is 4.82. The third-order valence-electron chi connectivity index (χ3n) is 7.26. The summed E-state index contributed by atoms with van der Waals surface area (Å²) in [6.45, 7) is 10.2. The minimum Gasteiger partial charge on any atom is -0.497 e. The summed E-state index contributed by atoms with van der Waals surface area (Å²) < 4.78 is 10.7. The van der Waals surface area contributed by atoms with E-state index in [-0.39, 0.29) is 5.91 Å². The Morgan fingerprint density at radius 2 is 1.72 bits per heavy atom. The summed E-state index contributed by atoms with van der Waals surface area (Å²) in [6.07, 6.45) is 8.63. The molecule has 0 aromatic heterocycles. The summed E-state index contributed by atoms with van der Waals surface area (Å²) in [5.41, 5.74) is 5.80. The van der Waals surface area contributed by atoms with Crippen LogP contribution in [0.15, 0.2) is 88.8 Å². The van der Waals surface area contributed by atoms with E-state index < -0.39 is 0 Å². The van der Waals surface area contributed by atoms with E-state index in [1.807, 2.05) is 45.9 Å². The third kappa shape index (κ3) is 8.34. The Hall–Kier alpha value is -3.80. The molecule has 39 heavy (non-hydrogen) atoms. The Kier molecular flexibility index (Phi) is 11.4. The number of nitrogens with one attached hydrogen (secondary N) is 1. The van der Waals surface area contributed by atoms with Crippen molar-refractivity contribution in [3.05, 3.63) is 94.9 Å². The van der Waals surface area contributed by atoms with E-state index in [2.05, 4.69) is 63.7 Å². The van der Waals surface area contributed by atoms with Gasteiger partial charge in [-0.1, -0.05) is 43.3 Å². The van der Waals surface area contributed by atoms with Crippen LogP contribution >= 0.6 is 0 Å². The van der Waals surface area contributed by atoms with E-state index >= 15 is 0 Å². The molecule has 208 valence electrons. The number of benzene rings is 2. The molecule has 0 radical (unpaired) electrons. The molecule has 3 rings (SSSR count). The molecule has 6 heteroatoms. The van der Waals surface area contributed by atoms with Crippen LogP contribution in [0.5, 0.6) is 5.75 Å². The predicted molar refractivity (Wildman–Crippen MR) is 161 cm³/mol.